The Kier molecular flexibility index (Phi) is 3.40. The lowest BCUT2D eigenvalue weighted by Gasteiger charge is -2.15. The van der Waals surface area contributed by atoms with Crippen molar-refractivity contribution in [2.45, 2.75) is 13.3 Å². The minimum atomic E-state index is -0.340. The van der Waals surface area contributed by atoms with Gasteiger partial charge in [-0.1, -0.05) is 48.5 Å². The number of nitrogens with zero attached hydrogens (tertiary/aromatic N) is 1. The van der Waals surface area contributed by atoms with Crippen LogP contribution in [0.5, 0.6) is 0 Å². The van der Waals surface area contributed by atoms with Crippen LogP contribution in [0.25, 0.3) is 22.0 Å². The third-order valence-electron chi connectivity index (χ3n) is 3.61. The van der Waals surface area contributed by atoms with Gasteiger partial charge in [-0.25, -0.2) is 0 Å². The molecule has 0 saturated carbocycles. The molecular weight excluding hydrogens is 260 g/mol. The second-order valence-corrected chi connectivity index (χ2v) is 5.08. The lowest BCUT2D eigenvalue weighted by Crippen LogP contribution is -2.16. The number of hydrogen-bond donors (Lipinski definition) is 1. The summed E-state index contributed by atoms with van der Waals surface area (Å²) in [5, 5.41) is 1.05. The summed E-state index contributed by atoms with van der Waals surface area (Å²) in [5.41, 5.74) is 10.2. The number of rotatable bonds is 3. The largest absolute Gasteiger partial charge is 0.369 e. The molecule has 0 atom stereocenters. The van der Waals surface area contributed by atoms with Crippen molar-refractivity contribution in [3.8, 4) is 11.1 Å². The Morgan fingerprint density at radius 1 is 1.05 bits per heavy atom. The number of carbonyl (C=O) groups excluding carboxylic acids is 1. The molecule has 3 nitrogen and oxygen atoms in total. The molecule has 0 aliphatic rings. The van der Waals surface area contributed by atoms with E-state index in [9.17, 15) is 4.79 Å². The number of carbonyl (C=O) groups is 1. The fourth-order valence-corrected chi connectivity index (χ4v) is 2.70. The van der Waals surface area contributed by atoms with E-state index in [1.807, 2.05) is 61.5 Å². The van der Waals surface area contributed by atoms with Gasteiger partial charge in [-0.15, -0.1) is 0 Å². The molecule has 2 N–H and O–H groups in total. The molecule has 1 amide bonds. The topological polar surface area (TPSA) is 56.0 Å². The Balaban J connectivity index is 2.39. The number of fused-ring (bicyclic) bond motifs is 1. The monoisotopic (exact) mass is 276 g/mol. The number of para-hydroxylation sites is 1. The van der Waals surface area contributed by atoms with Gasteiger partial charge in [0.2, 0.25) is 5.91 Å². The lowest BCUT2D eigenvalue weighted by molar-refractivity contribution is -0.117. The number of aryl methyl sites for hydroxylation is 1. The molecule has 3 aromatic rings. The van der Waals surface area contributed by atoms with Crippen LogP contribution in [-0.4, -0.2) is 10.9 Å². The quantitative estimate of drug-likeness (QED) is 0.798. The third-order valence-corrected chi connectivity index (χ3v) is 3.61. The zero-order chi connectivity index (χ0) is 14.8. The van der Waals surface area contributed by atoms with Crippen LogP contribution < -0.4 is 5.73 Å². The Morgan fingerprint density at radius 3 is 2.43 bits per heavy atom. The summed E-state index contributed by atoms with van der Waals surface area (Å²) < 4.78 is 0. The average molecular weight is 276 g/mol. The van der Waals surface area contributed by atoms with Crippen molar-refractivity contribution in [2.24, 2.45) is 5.73 Å². The van der Waals surface area contributed by atoms with Gasteiger partial charge in [-0.3, -0.25) is 9.78 Å². The molecule has 0 radical (unpaired) electrons. The van der Waals surface area contributed by atoms with Crippen molar-refractivity contribution in [3.05, 3.63) is 65.9 Å². The van der Waals surface area contributed by atoms with E-state index in [-0.39, 0.29) is 12.3 Å². The molecule has 0 aliphatic heterocycles. The average Bonchev–Trinajstić information content (AvgIpc) is 2.48. The summed E-state index contributed by atoms with van der Waals surface area (Å²) in [6.45, 7) is 1.93. The molecule has 21 heavy (non-hydrogen) atoms. The van der Waals surface area contributed by atoms with Gasteiger partial charge >= 0.3 is 0 Å². The number of benzene rings is 2. The van der Waals surface area contributed by atoms with Gasteiger partial charge in [0.15, 0.2) is 0 Å². The van der Waals surface area contributed by atoms with Gasteiger partial charge in [-0.05, 0) is 29.7 Å². The first kappa shape index (κ1) is 13.3. The first-order chi connectivity index (χ1) is 10.2. The van der Waals surface area contributed by atoms with Crippen LogP contribution in [0.4, 0.5) is 0 Å². The summed E-state index contributed by atoms with van der Waals surface area (Å²) in [6.07, 6.45) is 0.202. The Labute approximate surface area is 123 Å². The number of amides is 1. The van der Waals surface area contributed by atoms with Gasteiger partial charge in [0, 0.05) is 11.1 Å². The highest BCUT2D eigenvalue weighted by Crippen LogP contribution is 2.33. The summed E-state index contributed by atoms with van der Waals surface area (Å²) in [6, 6.07) is 18.0. The van der Waals surface area contributed by atoms with E-state index < -0.39 is 0 Å². The highest BCUT2D eigenvalue weighted by molar-refractivity contribution is 5.98. The smallest absolute Gasteiger partial charge is 0.221 e. The zero-order valence-electron chi connectivity index (χ0n) is 11.8. The fourth-order valence-electron chi connectivity index (χ4n) is 2.70. The molecule has 3 heteroatoms. The van der Waals surface area contributed by atoms with Crippen molar-refractivity contribution in [2.75, 3.05) is 0 Å². The number of primary amides is 1. The first-order valence-corrected chi connectivity index (χ1v) is 6.89. The maximum atomic E-state index is 11.4. The predicted octanol–water partition coefficient (Wildman–Crippen LogP) is 3.24. The van der Waals surface area contributed by atoms with Gasteiger partial charge in [0.1, 0.15) is 0 Å². The van der Waals surface area contributed by atoms with Crippen molar-refractivity contribution >= 4 is 16.8 Å². The van der Waals surface area contributed by atoms with Gasteiger partial charge in [0.25, 0.3) is 0 Å². The fraction of sp³-hybridized carbons (Fsp3) is 0.111. The molecule has 0 saturated heterocycles. The molecule has 0 unspecified atom stereocenters. The highest BCUT2D eigenvalue weighted by Gasteiger charge is 2.15. The van der Waals surface area contributed by atoms with E-state index in [0.29, 0.717) is 0 Å². The Bertz CT molecular complexity index is 810. The van der Waals surface area contributed by atoms with Crippen LogP contribution in [0.3, 0.4) is 0 Å². The van der Waals surface area contributed by atoms with Crippen LogP contribution in [0.2, 0.25) is 0 Å². The van der Waals surface area contributed by atoms with Crippen molar-refractivity contribution in [1.82, 2.24) is 4.98 Å². The third kappa shape index (κ3) is 2.50. The predicted molar refractivity (Wildman–Crippen MR) is 84.8 cm³/mol. The Morgan fingerprint density at radius 2 is 1.71 bits per heavy atom. The van der Waals surface area contributed by atoms with E-state index in [0.717, 1.165) is 33.3 Å². The van der Waals surface area contributed by atoms with Crippen LogP contribution in [0.1, 0.15) is 11.3 Å². The minimum absolute atomic E-state index is 0.202. The summed E-state index contributed by atoms with van der Waals surface area (Å²) >= 11 is 0. The molecule has 0 bridgehead atoms. The van der Waals surface area contributed by atoms with Gasteiger partial charge < -0.3 is 5.73 Å². The van der Waals surface area contributed by atoms with Crippen LogP contribution in [-0.2, 0) is 11.2 Å². The molecule has 0 aliphatic carbocycles. The van der Waals surface area contributed by atoms with E-state index in [1.54, 1.807) is 0 Å². The standard InChI is InChI=1S/C18H16N2O/c1-12-15(11-17(19)21)18(13-7-3-2-4-8-13)14-9-5-6-10-16(14)20-12/h2-10H,11H2,1H3,(H2,19,21). The van der Waals surface area contributed by atoms with Crippen LogP contribution in [0.15, 0.2) is 54.6 Å². The molecule has 2 aromatic carbocycles. The van der Waals surface area contributed by atoms with E-state index in [1.165, 1.54) is 0 Å². The van der Waals surface area contributed by atoms with E-state index in [4.69, 9.17) is 5.73 Å². The molecule has 0 spiro atoms. The van der Waals surface area contributed by atoms with Crippen molar-refractivity contribution < 1.29 is 4.79 Å². The van der Waals surface area contributed by atoms with Gasteiger partial charge in [-0.2, -0.15) is 0 Å². The van der Waals surface area contributed by atoms with Gasteiger partial charge in [0.05, 0.1) is 11.9 Å². The summed E-state index contributed by atoms with van der Waals surface area (Å²) in [5.74, 6) is -0.340. The second-order valence-electron chi connectivity index (χ2n) is 5.08. The first-order valence-electron chi connectivity index (χ1n) is 6.89. The van der Waals surface area contributed by atoms with Crippen molar-refractivity contribution in [1.29, 1.82) is 0 Å². The molecule has 104 valence electrons. The van der Waals surface area contributed by atoms with Crippen molar-refractivity contribution in [3.63, 3.8) is 0 Å². The zero-order valence-corrected chi connectivity index (χ0v) is 11.8. The molecular formula is C18H16N2O. The summed E-state index contributed by atoms with van der Waals surface area (Å²) in [7, 11) is 0. The minimum Gasteiger partial charge on any atom is -0.369 e. The van der Waals surface area contributed by atoms with Crippen LogP contribution in [0, 0.1) is 6.92 Å². The number of hydrogen-bond acceptors (Lipinski definition) is 2. The molecule has 1 aromatic heterocycles. The second kappa shape index (κ2) is 5.37. The number of aromatic nitrogens is 1. The molecule has 3 rings (SSSR count). The maximum absolute atomic E-state index is 11.4. The molecule has 0 fully saturated rings. The number of nitrogens with two attached hydrogens (primary N) is 1. The number of pyridine rings is 1. The van der Waals surface area contributed by atoms with E-state index in [2.05, 4.69) is 4.98 Å². The van der Waals surface area contributed by atoms with Crippen LogP contribution >= 0.6 is 0 Å². The highest BCUT2D eigenvalue weighted by atomic mass is 16.1. The molecule has 1 heterocycles. The summed E-state index contributed by atoms with van der Waals surface area (Å²) in [4.78, 5) is 16.0. The lowest BCUT2D eigenvalue weighted by atomic mass is 9.92. The normalized spacial score (nSPS) is 10.7. The Hall–Kier alpha value is -2.68. The van der Waals surface area contributed by atoms with E-state index >= 15 is 0 Å². The SMILES string of the molecule is Cc1nc2ccccc2c(-c2ccccc2)c1CC(N)=O. The maximum Gasteiger partial charge on any atom is 0.221 e.